The minimum Gasteiger partial charge on any atom is -0.481 e. The normalized spacial score (nSPS) is 26.7. The lowest BCUT2D eigenvalue weighted by atomic mass is 9.82. The van der Waals surface area contributed by atoms with E-state index in [1.807, 2.05) is 0 Å². The molecule has 0 radical (unpaired) electrons. The van der Waals surface area contributed by atoms with E-state index < -0.39 is 11.4 Å². The van der Waals surface area contributed by atoms with Crippen molar-refractivity contribution < 1.29 is 9.90 Å². The highest BCUT2D eigenvalue weighted by Crippen LogP contribution is 2.28. The molecule has 16 heavy (non-hydrogen) atoms. The first-order valence-corrected chi connectivity index (χ1v) is 6.36. The molecule has 1 aliphatic rings. The molecule has 1 fully saturated rings. The molecule has 94 valence electrons. The number of aliphatic carboxylic acids is 1. The van der Waals surface area contributed by atoms with Gasteiger partial charge in [0.2, 0.25) is 0 Å². The summed E-state index contributed by atoms with van der Waals surface area (Å²) in [6.07, 6.45) is 5.28. The monoisotopic (exact) mass is 227 g/mol. The zero-order valence-corrected chi connectivity index (χ0v) is 10.8. The minimum absolute atomic E-state index is 0.563. The molecule has 3 nitrogen and oxygen atoms in total. The highest BCUT2D eigenvalue weighted by molar-refractivity contribution is 5.73. The van der Waals surface area contributed by atoms with Crippen LogP contribution in [0.4, 0.5) is 0 Å². The second kappa shape index (κ2) is 5.67. The first-order chi connectivity index (χ1) is 7.42. The van der Waals surface area contributed by atoms with Crippen LogP contribution in [0.5, 0.6) is 0 Å². The van der Waals surface area contributed by atoms with Crippen LogP contribution in [0.3, 0.4) is 0 Å². The number of rotatable bonds is 5. The van der Waals surface area contributed by atoms with Crippen molar-refractivity contribution >= 4 is 5.97 Å². The van der Waals surface area contributed by atoms with E-state index >= 15 is 0 Å². The molecule has 3 heteroatoms. The van der Waals surface area contributed by atoms with E-state index in [9.17, 15) is 4.79 Å². The molecule has 0 heterocycles. The predicted octanol–water partition coefficient (Wildman–Crippen LogP) is 2.51. The van der Waals surface area contributed by atoms with Crippen LogP contribution in [-0.4, -0.2) is 24.2 Å². The van der Waals surface area contributed by atoms with Gasteiger partial charge in [0.15, 0.2) is 0 Å². The summed E-state index contributed by atoms with van der Waals surface area (Å²) in [7, 11) is 0. The fourth-order valence-corrected chi connectivity index (χ4v) is 2.41. The maximum absolute atomic E-state index is 10.9. The Morgan fingerprint density at radius 1 is 1.44 bits per heavy atom. The van der Waals surface area contributed by atoms with Crippen LogP contribution in [0.15, 0.2) is 0 Å². The Hall–Kier alpha value is -0.570. The number of carbonyl (C=O) groups is 1. The fraction of sp³-hybridized carbons (Fsp3) is 0.923. The Bertz CT molecular complexity index is 238. The van der Waals surface area contributed by atoms with Crippen molar-refractivity contribution in [2.45, 2.75) is 46.5 Å². The molecule has 2 unspecified atom stereocenters. The standard InChI is InChI=1S/C13H25NO2/c1-10-5-4-6-11(7-10)8-14-9-13(2,3)12(15)16/h10-11,14H,4-9H2,1-3H3,(H,15,16). The van der Waals surface area contributed by atoms with Gasteiger partial charge >= 0.3 is 5.97 Å². The maximum atomic E-state index is 10.9. The second-order valence-corrected chi connectivity index (χ2v) is 5.96. The number of hydrogen-bond donors (Lipinski definition) is 2. The molecule has 0 spiro atoms. The highest BCUT2D eigenvalue weighted by atomic mass is 16.4. The van der Waals surface area contributed by atoms with Gasteiger partial charge in [0.1, 0.15) is 0 Å². The fourth-order valence-electron chi connectivity index (χ4n) is 2.41. The molecule has 2 atom stereocenters. The van der Waals surface area contributed by atoms with Gasteiger partial charge in [-0.25, -0.2) is 0 Å². The van der Waals surface area contributed by atoms with Crippen molar-refractivity contribution in [3.8, 4) is 0 Å². The summed E-state index contributed by atoms with van der Waals surface area (Å²) in [6.45, 7) is 7.39. The molecule has 0 saturated heterocycles. The lowest BCUT2D eigenvalue weighted by Gasteiger charge is -2.28. The molecule has 1 rings (SSSR count). The Labute approximate surface area is 98.6 Å². The lowest BCUT2D eigenvalue weighted by molar-refractivity contribution is -0.146. The predicted molar refractivity (Wildman–Crippen MR) is 65.4 cm³/mol. The van der Waals surface area contributed by atoms with Gasteiger partial charge in [-0.15, -0.1) is 0 Å². The first-order valence-electron chi connectivity index (χ1n) is 6.36. The summed E-state index contributed by atoms with van der Waals surface area (Å²) >= 11 is 0. The number of hydrogen-bond acceptors (Lipinski definition) is 2. The molecule has 0 aromatic carbocycles. The molecule has 1 aliphatic carbocycles. The van der Waals surface area contributed by atoms with Crippen molar-refractivity contribution in [2.75, 3.05) is 13.1 Å². The van der Waals surface area contributed by atoms with Crippen molar-refractivity contribution in [1.29, 1.82) is 0 Å². The molecule has 1 saturated carbocycles. The average Bonchev–Trinajstić information content (AvgIpc) is 2.17. The van der Waals surface area contributed by atoms with Crippen LogP contribution >= 0.6 is 0 Å². The Morgan fingerprint density at radius 3 is 2.69 bits per heavy atom. The van der Waals surface area contributed by atoms with Crippen molar-refractivity contribution in [3.63, 3.8) is 0 Å². The van der Waals surface area contributed by atoms with Gasteiger partial charge in [-0.2, -0.15) is 0 Å². The molecule has 0 aliphatic heterocycles. The summed E-state index contributed by atoms with van der Waals surface area (Å²) in [5.74, 6) is 0.860. The molecule has 0 bridgehead atoms. The van der Waals surface area contributed by atoms with Gasteiger partial charge in [0, 0.05) is 6.54 Å². The van der Waals surface area contributed by atoms with Crippen LogP contribution in [-0.2, 0) is 4.79 Å². The molecule has 0 aromatic heterocycles. The number of carboxylic acids is 1. The highest BCUT2D eigenvalue weighted by Gasteiger charge is 2.27. The van der Waals surface area contributed by atoms with E-state index in [1.54, 1.807) is 13.8 Å². The Balaban J connectivity index is 2.22. The molecular formula is C13H25NO2. The van der Waals surface area contributed by atoms with Crippen molar-refractivity contribution in [3.05, 3.63) is 0 Å². The summed E-state index contributed by atoms with van der Waals surface area (Å²) in [5.41, 5.74) is -0.652. The zero-order chi connectivity index (χ0) is 12.2. The number of carboxylic acid groups (broad SMARTS) is 1. The third-order valence-electron chi connectivity index (χ3n) is 3.62. The summed E-state index contributed by atoms with van der Waals surface area (Å²) in [4.78, 5) is 10.9. The lowest BCUT2D eigenvalue weighted by Crippen LogP contribution is -2.38. The van der Waals surface area contributed by atoms with Gasteiger partial charge in [-0.3, -0.25) is 4.79 Å². The largest absolute Gasteiger partial charge is 0.481 e. The molecule has 2 N–H and O–H groups in total. The van der Waals surface area contributed by atoms with Crippen molar-refractivity contribution in [1.82, 2.24) is 5.32 Å². The smallest absolute Gasteiger partial charge is 0.310 e. The third-order valence-corrected chi connectivity index (χ3v) is 3.62. The van der Waals surface area contributed by atoms with Crippen LogP contribution < -0.4 is 5.32 Å². The third kappa shape index (κ3) is 4.12. The van der Waals surface area contributed by atoms with E-state index in [0.29, 0.717) is 6.54 Å². The van der Waals surface area contributed by atoms with Crippen molar-refractivity contribution in [2.24, 2.45) is 17.3 Å². The van der Waals surface area contributed by atoms with E-state index in [1.165, 1.54) is 25.7 Å². The van der Waals surface area contributed by atoms with Crippen LogP contribution in [0.2, 0.25) is 0 Å². The van der Waals surface area contributed by atoms with E-state index in [4.69, 9.17) is 5.11 Å². The minimum atomic E-state index is -0.725. The first kappa shape index (κ1) is 13.5. The van der Waals surface area contributed by atoms with E-state index in [2.05, 4.69) is 12.2 Å². The van der Waals surface area contributed by atoms with Gasteiger partial charge in [0.05, 0.1) is 5.41 Å². The second-order valence-electron chi connectivity index (χ2n) is 5.96. The van der Waals surface area contributed by atoms with Crippen LogP contribution in [0.1, 0.15) is 46.5 Å². The topological polar surface area (TPSA) is 49.3 Å². The SMILES string of the molecule is CC1CCCC(CNCC(C)(C)C(=O)O)C1. The number of nitrogens with one attached hydrogen (secondary N) is 1. The maximum Gasteiger partial charge on any atom is 0.310 e. The summed E-state index contributed by atoms with van der Waals surface area (Å²) < 4.78 is 0. The molecular weight excluding hydrogens is 202 g/mol. The molecule has 0 amide bonds. The molecule has 0 aromatic rings. The van der Waals surface area contributed by atoms with Gasteiger partial charge in [-0.1, -0.05) is 19.8 Å². The summed E-state index contributed by atoms with van der Waals surface area (Å²) in [5, 5.41) is 12.3. The quantitative estimate of drug-likeness (QED) is 0.758. The van der Waals surface area contributed by atoms with Crippen LogP contribution in [0.25, 0.3) is 0 Å². The van der Waals surface area contributed by atoms with Gasteiger partial charge in [0.25, 0.3) is 0 Å². The van der Waals surface area contributed by atoms with Gasteiger partial charge in [-0.05, 0) is 45.1 Å². The van der Waals surface area contributed by atoms with E-state index in [0.717, 1.165) is 18.4 Å². The van der Waals surface area contributed by atoms with Gasteiger partial charge < -0.3 is 10.4 Å². The van der Waals surface area contributed by atoms with E-state index in [-0.39, 0.29) is 0 Å². The average molecular weight is 227 g/mol. The Morgan fingerprint density at radius 2 is 2.12 bits per heavy atom. The summed E-state index contributed by atoms with van der Waals surface area (Å²) in [6, 6.07) is 0. The Kier molecular flexibility index (Phi) is 4.78. The zero-order valence-electron chi connectivity index (χ0n) is 10.8. The van der Waals surface area contributed by atoms with Crippen LogP contribution in [0, 0.1) is 17.3 Å².